The van der Waals surface area contributed by atoms with Crippen LogP contribution < -0.4 is 0 Å². The number of hydrogen-bond donors (Lipinski definition) is 0. The van der Waals surface area contributed by atoms with Crippen molar-refractivity contribution in [1.29, 1.82) is 0 Å². The number of ketones is 1. The number of likely N-dealkylation sites (tertiary alicyclic amines) is 1. The Morgan fingerprint density at radius 1 is 1.29 bits per heavy atom. The molecule has 0 unspecified atom stereocenters. The van der Waals surface area contributed by atoms with E-state index in [9.17, 15) is 4.79 Å². The zero-order valence-corrected chi connectivity index (χ0v) is 10.1. The molecule has 1 saturated heterocycles. The summed E-state index contributed by atoms with van der Waals surface area (Å²) in [6.07, 6.45) is 3.41. The van der Waals surface area contributed by atoms with Gasteiger partial charge in [-0.25, -0.2) is 0 Å². The van der Waals surface area contributed by atoms with Gasteiger partial charge in [0.25, 0.3) is 0 Å². The van der Waals surface area contributed by atoms with Crippen molar-refractivity contribution in [1.82, 2.24) is 4.90 Å². The lowest BCUT2D eigenvalue weighted by molar-refractivity contribution is -0.119. The maximum atomic E-state index is 11.5. The number of piperidine rings is 1. The molecule has 1 fully saturated rings. The van der Waals surface area contributed by atoms with Gasteiger partial charge in [0.2, 0.25) is 0 Å². The van der Waals surface area contributed by atoms with Crippen molar-refractivity contribution in [2.75, 3.05) is 13.1 Å². The van der Waals surface area contributed by atoms with E-state index in [1.807, 2.05) is 6.07 Å². The van der Waals surface area contributed by atoms with E-state index in [1.54, 1.807) is 0 Å². The van der Waals surface area contributed by atoms with E-state index in [0.29, 0.717) is 0 Å². The summed E-state index contributed by atoms with van der Waals surface area (Å²) in [6.45, 7) is 6.58. The van der Waals surface area contributed by atoms with Crippen LogP contribution in [0, 0.1) is 5.92 Å². The molecule has 17 heavy (non-hydrogen) atoms. The van der Waals surface area contributed by atoms with Crippen molar-refractivity contribution in [3.05, 3.63) is 48.6 Å². The molecule has 0 N–H and O–H groups in total. The van der Waals surface area contributed by atoms with Gasteiger partial charge in [0.15, 0.2) is 5.78 Å². The predicted molar refractivity (Wildman–Crippen MR) is 69.6 cm³/mol. The van der Waals surface area contributed by atoms with Gasteiger partial charge in [0.1, 0.15) is 0 Å². The van der Waals surface area contributed by atoms with Gasteiger partial charge in [0.05, 0.1) is 0 Å². The van der Waals surface area contributed by atoms with Gasteiger partial charge < -0.3 is 0 Å². The van der Waals surface area contributed by atoms with E-state index in [0.717, 1.165) is 32.5 Å². The Bertz CT molecular complexity index is 377. The normalized spacial score (nSPS) is 17.9. The molecule has 0 saturated carbocycles. The largest absolute Gasteiger partial charge is 0.299 e. The molecule has 0 radical (unpaired) electrons. The number of carbonyl (C=O) groups is 1. The summed E-state index contributed by atoms with van der Waals surface area (Å²) >= 11 is 0. The van der Waals surface area contributed by atoms with Crippen molar-refractivity contribution in [2.24, 2.45) is 5.92 Å². The Hall–Kier alpha value is -1.41. The minimum absolute atomic E-state index is 0.208. The number of allylic oxidation sites excluding steroid dienone is 1. The van der Waals surface area contributed by atoms with Gasteiger partial charge in [-0.05, 0) is 37.6 Å². The summed E-state index contributed by atoms with van der Waals surface area (Å²) in [4.78, 5) is 13.9. The topological polar surface area (TPSA) is 20.3 Å². The average molecular weight is 229 g/mol. The van der Waals surface area contributed by atoms with E-state index in [2.05, 4.69) is 35.7 Å². The first-order valence-electron chi connectivity index (χ1n) is 6.22. The van der Waals surface area contributed by atoms with Gasteiger partial charge >= 0.3 is 0 Å². The molecule has 1 heterocycles. The SMILES string of the molecule is C=CC(=O)C1CCN(Cc2ccccc2)CC1. The standard InChI is InChI=1S/C15H19NO/c1-2-15(17)14-8-10-16(11-9-14)12-13-6-4-3-5-7-13/h2-7,14H,1,8-12H2. The molecule has 1 aliphatic heterocycles. The fourth-order valence-corrected chi connectivity index (χ4v) is 2.38. The van der Waals surface area contributed by atoms with Crippen LogP contribution in [-0.2, 0) is 11.3 Å². The van der Waals surface area contributed by atoms with Crippen molar-refractivity contribution < 1.29 is 4.79 Å². The molecule has 0 aliphatic carbocycles. The van der Waals surface area contributed by atoms with Crippen LogP contribution in [0.1, 0.15) is 18.4 Å². The first kappa shape index (κ1) is 12.1. The maximum Gasteiger partial charge on any atom is 0.158 e. The summed E-state index contributed by atoms with van der Waals surface area (Å²) in [7, 11) is 0. The van der Waals surface area contributed by atoms with Gasteiger partial charge in [-0.1, -0.05) is 36.9 Å². The van der Waals surface area contributed by atoms with Crippen LogP contribution in [0.2, 0.25) is 0 Å². The molecule has 2 heteroatoms. The molecule has 1 aromatic carbocycles. The second-order valence-corrected chi connectivity index (χ2v) is 4.64. The van der Waals surface area contributed by atoms with Crippen LogP contribution in [0.4, 0.5) is 0 Å². The summed E-state index contributed by atoms with van der Waals surface area (Å²) in [5, 5.41) is 0. The van der Waals surface area contributed by atoms with Crippen LogP contribution in [0.5, 0.6) is 0 Å². The molecule has 1 aromatic rings. The van der Waals surface area contributed by atoms with E-state index in [4.69, 9.17) is 0 Å². The highest BCUT2D eigenvalue weighted by molar-refractivity contribution is 5.91. The Morgan fingerprint density at radius 2 is 1.94 bits per heavy atom. The number of nitrogens with zero attached hydrogens (tertiary/aromatic N) is 1. The van der Waals surface area contributed by atoms with E-state index >= 15 is 0 Å². The summed E-state index contributed by atoms with van der Waals surface area (Å²) in [5.41, 5.74) is 1.35. The number of hydrogen-bond acceptors (Lipinski definition) is 2. The molecule has 0 bridgehead atoms. The Kier molecular flexibility index (Phi) is 4.10. The minimum Gasteiger partial charge on any atom is -0.299 e. The molecule has 0 aromatic heterocycles. The van der Waals surface area contributed by atoms with Gasteiger partial charge in [-0.15, -0.1) is 0 Å². The van der Waals surface area contributed by atoms with Crippen molar-refractivity contribution >= 4 is 5.78 Å². The number of benzene rings is 1. The Labute approximate surface area is 103 Å². The van der Waals surface area contributed by atoms with Gasteiger partial charge in [-0.3, -0.25) is 9.69 Å². The third-order valence-electron chi connectivity index (χ3n) is 3.44. The molecule has 1 aliphatic rings. The van der Waals surface area contributed by atoms with Crippen molar-refractivity contribution in [3.8, 4) is 0 Å². The van der Waals surface area contributed by atoms with Gasteiger partial charge in [-0.2, -0.15) is 0 Å². The average Bonchev–Trinajstić information content (AvgIpc) is 2.40. The van der Waals surface area contributed by atoms with Crippen LogP contribution >= 0.6 is 0 Å². The molecular formula is C15H19NO. The lowest BCUT2D eigenvalue weighted by Gasteiger charge is -2.30. The lowest BCUT2D eigenvalue weighted by atomic mass is 9.92. The third-order valence-corrected chi connectivity index (χ3v) is 3.44. The first-order valence-corrected chi connectivity index (χ1v) is 6.22. The lowest BCUT2D eigenvalue weighted by Crippen LogP contribution is -2.35. The Balaban J connectivity index is 1.83. The molecule has 0 atom stereocenters. The highest BCUT2D eigenvalue weighted by Crippen LogP contribution is 2.19. The zero-order valence-electron chi connectivity index (χ0n) is 10.1. The third kappa shape index (κ3) is 3.27. The summed E-state index contributed by atoms with van der Waals surface area (Å²) < 4.78 is 0. The van der Waals surface area contributed by atoms with E-state index in [-0.39, 0.29) is 11.7 Å². The van der Waals surface area contributed by atoms with Crippen molar-refractivity contribution in [3.63, 3.8) is 0 Å². The summed E-state index contributed by atoms with van der Waals surface area (Å²) in [6, 6.07) is 10.5. The number of carbonyl (C=O) groups excluding carboxylic acids is 1. The van der Waals surface area contributed by atoms with Crippen LogP contribution in [-0.4, -0.2) is 23.8 Å². The maximum absolute atomic E-state index is 11.5. The fourth-order valence-electron chi connectivity index (χ4n) is 2.38. The smallest absolute Gasteiger partial charge is 0.158 e. The van der Waals surface area contributed by atoms with E-state index < -0.39 is 0 Å². The van der Waals surface area contributed by atoms with Gasteiger partial charge in [0, 0.05) is 12.5 Å². The minimum atomic E-state index is 0.208. The molecule has 0 amide bonds. The zero-order chi connectivity index (χ0) is 12.1. The monoisotopic (exact) mass is 229 g/mol. The fraction of sp³-hybridized carbons (Fsp3) is 0.400. The first-order chi connectivity index (χ1) is 8.29. The number of rotatable bonds is 4. The molecule has 2 nitrogen and oxygen atoms in total. The predicted octanol–water partition coefficient (Wildman–Crippen LogP) is 2.65. The second kappa shape index (κ2) is 5.78. The second-order valence-electron chi connectivity index (χ2n) is 4.64. The summed E-state index contributed by atoms with van der Waals surface area (Å²) in [5.74, 6) is 0.420. The van der Waals surface area contributed by atoms with Crippen molar-refractivity contribution in [2.45, 2.75) is 19.4 Å². The molecule has 2 rings (SSSR count). The van der Waals surface area contributed by atoms with Crippen LogP contribution in [0.25, 0.3) is 0 Å². The highest BCUT2D eigenvalue weighted by Gasteiger charge is 2.22. The van der Waals surface area contributed by atoms with Crippen LogP contribution in [0.15, 0.2) is 43.0 Å². The molecular weight excluding hydrogens is 210 g/mol. The van der Waals surface area contributed by atoms with E-state index in [1.165, 1.54) is 11.6 Å². The highest BCUT2D eigenvalue weighted by atomic mass is 16.1. The van der Waals surface area contributed by atoms with Crippen LogP contribution in [0.3, 0.4) is 0 Å². The molecule has 0 spiro atoms. The Morgan fingerprint density at radius 3 is 2.53 bits per heavy atom. The quantitative estimate of drug-likeness (QED) is 0.740. The molecule has 90 valence electrons.